The van der Waals surface area contributed by atoms with E-state index >= 15 is 0 Å². The van der Waals surface area contributed by atoms with Crippen LogP contribution < -0.4 is 4.90 Å². The van der Waals surface area contributed by atoms with Crippen LogP contribution in [-0.4, -0.2) is 44.4 Å². The number of methoxy groups -OCH3 is 1. The predicted molar refractivity (Wildman–Crippen MR) is 74.6 cm³/mol. The molecule has 1 saturated heterocycles. The van der Waals surface area contributed by atoms with Crippen molar-refractivity contribution >= 4 is 27.3 Å². The zero-order valence-electron chi connectivity index (χ0n) is 10.5. The number of anilines is 1. The summed E-state index contributed by atoms with van der Waals surface area (Å²) in [7, 11) is 1.61. The van der Waals surface area contributed by atoms with Crippen LogP contribution in [0.4, 0.5) is 11.4 Å². The summed E-state index contributed by atoms with van der Waals surface area (Å²) in [6, 6.07) is 5.24. The molecule has 0 saturated carbocycles. The number of para-hydroxylation sites is 1. The maximum Gasteiger partial charge on any atom is 0.306 e. The lowest BCUT2D eigenvalue weighted by atomic mass is 10.2. The number of hydrogen-bond acceptors (Lipinski definition) is 5. The lowest BCUT2D eigenvalue weighted by Gasteiger charge is -2.33. The number of ether oxygens (including phenoxy) is 2. The summed E-state index contributed by atoms with van der Waals surface area (Å²) in [5.74, 6) is 0. The predicted octanol–water partition coefficient (Wildman–Crippen LogP) is 2.21. The summed E-state index contributed by atoms with van der Waals surface area (Å²) >= 11 is 3.24. The minimum atomic E-state index is -0.361. The Morgan fingerprint density at radius 2 is 2.42 bits per heavy atom. The molecule has 0 N–H and O–H groups in total. The van der Waals surface area contributed by atoms with Crippen LogP contribution in [0.5, 0.6) is 0 Å². The molecular formula is C12H15BrN2O4. The first-order valence-corrected chi connectivity index (χ1v) is 6.71. The molecule has 0 spiro atoms. The second-order valence-corrected chi connectivity index (χ2v) is 5.11. The van der Waals surface area contributed by atoms with E-state index < -0.39 is 0 Å². The third kappa shape index (κ3) is 3.23. The summed E-state index contributed by atoms with van der Waals surface area (Å²) < 4.78 is 11.1. The van der Waals surface area contributed by atoms with E-state index in [1.54, 1.807) is 25.3 Å². The summed E-state index contributed by atoms with van der Waals surface area (Å²) in [6.45, 7) is 2.25. The summed E-state index contributed by atoms with van der Waals surface area (Å²) in [4.78, 5) is 12.8. The topological polar surface area (TPSA) is 64.8 Å². The molecule has 1 aliphatic rings. The van der Waals surface area contributed by atoms with Gasteiger partial charge in [-0.3, -0.25) is 10.1 Å². The maximum absolute atomic E-state index is 11.2. The van der Waals surface area contributed by atoms with Crippen LogP contribution in [-0.2, 0) is 9.47 Å². The first-order valence-electron chi connectivity index (χ1n) is 5.92. The average molecular weight is 331 g/mol. The number of nitrogens with zero attached hydrogens (tertiary/aromatic N) is 2. The van der Waals surface area contributed by atoms with Crippen molar-refractivity contribution in [1.29, 1.82) is 0 Å². The Kier molecular flexibility index (Phi) is 4.73. The number of halogens is 1. The molecule has 6 nitrogen and oxygen atoms in total. The fourth-order valence-electron chi connectivity index (χ4n) is 2.16. The van der Waals surface area contributed by atoms with Crippen molar-refractivity contribution in [3.63, 3.8) is 0 Å². The highest BCUT2D eigenvalue weighted by atomic mass is 79.9. The molecule has 0 radical (unpaired) electrons. The molecule has 1 heterocycles. The number of rotatable bonds is 4. The van der Waals surface area contributed by atoms with Crippen LogP contribution in [0.1, 0.15) is 0 Å². The second-order valence-electron chi connectivity index (χ2n) is 4.26. The van der Waals surface area contributed by atoms with Crippen molar-refractivity contribution in [2.24, 2.45) is 0 Å². The Morgan fingerprint density at radius 3 is 3.11 bits per heavy atom. The minimum absolute atomic E-state index is 0.0580. The summed E-state index contributed by atoms with van der Waals surface area (Å²) in [5.41, 5.74) is 0.712. The lowest BCUT2D eigenvalue weighted by molar-refractivity contribution is -0.385. The lowest BCUT2D eigenvalue weighted by Crippen LogP contribution is -2.44. The first kappa shape index (κ1) is 14.2. The molecule has 104 valence electrons. The van der Waals surface area contributed by atoms with E-state index in [9.17, 15) is 10.1 Å². The molecule has 1 atom stereocenters. The van der Waals surface area contributed by atoms with Crippen molar-refractivity contribution < 1.29 is 14.4 Å². The maximum atomic E-state index is 11.2. The van der Waals surface area contributed by atoms with Crippen LogP contribution in [0.3, 0.4) is 0 Å². The highest BCUT2D eigenvalue weighted by Crippen LogP contribution is 2.35. The number of nitro groups is 1. The van der Waals surface area contributed by atoms with Crippen LogP contribution >= 0.6 is 15.9 Å². The van der Waals surface area contributed by atoms with Crippen molar-refractivity contribution in [3.8, 4) is 0 Å². The molecule has 1 aromatic carbocycles. The highest BCUT2D eigenvalue weighted by molar-refractivity contribution is 9.10. The molecule has 0 unspecified atom stereocenters. The van der Waals surface area contributed by atoms with E-state index in [4.69, 9.17) is 9.47 Å². The molecule has 2 rings (SSSR count). The van der Waals surface area contributed by atoms with Crippen LogP contribution in [0.25, 0.3) is 0 Å². The summed E-state index contributed by atoms with van der Waals surface area (Å²) in [6.07, 6.45) is -0.0580. The molecule has 0 amide bonds. The summed E-state index contributed by atoms with van der Waals surface area (Å²) in [5, 5.41) is 11.2. The van der Waals surface area contributed by atoms with Crippen LogP contribution in [0, 0.1) is 10.1 Å². The second kappa shape index (κ2) is 6.31. The Hall–Kier alpha value is -1.18. The third-order valence-electron chi connectivity index (χ3n) is 2.98. The molecule has 0 aromatic heterocycles. The number of morpholine rings is 1. The van der Waals surface area contributed by atoms with E-state index in [-0.39, 0.29) is 16.7 Å². The van der Waals surface area contributed by atoms with E-state index in [0.29, 0.717) is 36.5 Å². The standard InChI is InChI=1S/C12H15BrN2O4/c1-18-8-9-7-14(5-6-19-9)11-4-2-3-10(13)12(11)15(16)17/h2-4,9H,5-8H2,1H3/t9-/m0/s1. The highest BCUT2D eigenvalue weighted by Gasteiger charge is 2.27. The van der Waals surface area contributed by atoms with Gasteiger partial charge in [0.15, 0.2) is 0 Å². The zero-order valence-corrected chi connectivity index (χ0v) is 12.1. The number of nitro benzene ring substituents is 1. The van der Waals surface area contributed by atoms with Gasteiger partial charge in [-0.1, -0.05) is 6.07 Å². The molecule has 19 heavy (non-hydrogen) atoms. The normalized spacial score (nSPS) is 19.5. The van der Waals surface area contributed by atoms with Gasteiger partial charge in [-0.05, 0) is 28.1 Å². The van der Waals surface area contributed by atoms with Crippen LogP contribution in [0.2, 0.25) is 0 Å². The minimum Gasteiger partial charge on any atom is -0.382 e. The van der Waals surface area contributed by atoms with Gasteiger partial charge in [-0.15, -0.1) is 0 Å². The van der Waals surface area contributed by atoms with Crippen molar-refractivity contribution in [3.05, 3.63) is 32.8 Å². The first-order chi connectivity index (χ1) is 9.13. The van der Waals surface area contributed by atoms with E-state index in [1.165, 1.54) is 0 Å². The van der Waals surface area contributed by atoms with Gasteiger partial charge in [-0.25, -0.2) is 0 Å². The van der Waals surface area contributed by atoms with Crippen molar-refractivity contribution in [2.75, 3.05) is 38.3 Å². The fourth-order valence-corrected chi connectivity index (χ4v) is 2.67. The van der Waals surface area contributed by atoms with E-state index in [2.05, 4.69) is 15.9 Å². The zero-order chi connectivity index (χ0) is 13.8. The van der Waals surface area contributed by atoms with Gasteiger partial charge in [0, 0.05) is 20.2 Å². The third-order valence-corrected chi connectivity index (χ3v) is 3.62. The SMILES string of the molecule is COC[C@@H]1CN(c2cccc(Br)c2[N+](=O)[O-])CCO1. The van der Waals surface area contributed by atoms with E-state index in [0.717, 1.165) is 0 Å². The average Bonchev–Trinajstić information content (AvgIpc) is 2.38. The molecule has 0 aliphatic carbocycles. The molecule has 0 bridgehead atoms. The molecule has 1 aliphatic heterocycles. The van der Waals surface area contributed by atoms with Gasteiger partial charge in [0.05, 0.1) is 28.7 Å². The van der Waals surface area contributed by atoms with Crippen molar-refractivity contribution in [2.45, 2.75) is 6.10 Å². The Balaban J connectivity index is 2.26. The van der Waals surface area contributed by atoms with Gasteiger partial charge in [0.25, 0.3) is 0 Å². The van der Waals surface area contributed by atoms with Crippen molar-refractivity contribution in [1.82, 2.24) is 0 Å². The van der Waals surface area contributed by atoms with Gasteiger partial charge in [0.2, 0.25) is 0 Å². The number of benzene rings is 1. The molecule has 7 heteroatoms. The fraction of sp³-hybridized carbons (Fsp3) is 0.500. The Bertz CT molecular complexity index is 467. The number of hydrogen-bond donors (Lipinski definition) is 0. The molecular weight excluding hydrogens is 316 g/mol. The van der Waals surface area contributed by atoms with Crippen LogP contribution in [0.15, 0.2) is 22.7 Å². The van der Waals surface area contributed by atoms with Gasteiger partial charge >= 0.3 is 5.69 Å². The van der Waals surface area contributed by atoms with Gasteiger partial charge < -0.3 is 14.4 Å². The smallest absolute Gasteiger partial charge is 0.306 e. The quantitative estimate of drug-likeness (QED) is 0.625. The Morgan fingerprint density at radius 1 is 1.63 bits per heavy atom. The monoisotopic (exact) mass is 330 g/mol. The Labute approximate surface area is 119 Å². The largest absolute Gasteiger partial charge is 0.382 e. The van der Waals surface area contributed by atoms with Gasteiger partial charge in [0.1, 0.15) is 5.69 Å². The van der Waals surface area contributed by atoms with Gasteiger partial charge in [-0.2, -0.15) is 0 Å². The van der Waals surface area contributed by atoms with E-state index in [1.807, 2.05) is 4.90 Å². The molecule has 1 fully saturated rings. The molecule has 1 aromatic rings.